The highest BCUT2D eigenvalue weighted by atomic mass is 19.2. The fraction of sp³-hybridized carbons (Fsp3) is 0.500. The van der Waals surface area contributed by atoms with Crippen molar-refractivity contribution in [3.63, 3.8) is 0 Å². The summed E-state index contributed by atoms with van der Waals surface area (Å²) in [7, 11) is 0. The molecule has 0 amide bonds. The molecule has 0 saturated heterocycles. The minimum atomic E-state index is -0.834. The first-order chi connectivity index (χ1) is 6.95. The standard InChI is InChI=1S/C12H17F2N/c1-7(2)8(3)12(15)9-5-4-6-10(13)11(9)14/h4-8,12H,15H2,1-3H3. The van der Waals surface area contributed by atoms with E-state index in [2.05, 4.69) is 0 Å². The maximum absolute atomic E-state index is 13.4. The van der Waals surface area contributed by atoms with E-state index in [9.17, 15) is 8.78 Å². The van der Waals surface area contributed by atoms with Crippen LogP contribution < -0.4 is 5.73 Å². The van der Waals surface area contributed by atoms with Gasteiger partial charge < -0.3 is 5.73 Å². The van der Waals surface area contributed by atoms with Crippen molar-refractivity contribution < 1.29 is 8.78 Å². The lowest BCUT2D eigenvalue weighted by Crippen LogP contribution is -2.24. The van der Waals surface area contributed by atoms with Gasteiger partial charge in [-0.25, -0.2) is 8.78 Å². The Hall–Kier alpha value is -0.960. The molecule has 0 heterocycles. The van der Waals surface area contributed by atoms with Crippen LogP contribution in [0.3, 0.4) is 0 Å². The number of hydrogen-bond donors (Lipinski definition) is 1. The van der Waals surface area contributed by atoms with Crippen molar-refractivity contribution in [2.75, 3.05) is 0 Å². The monoisotopic (exact) mass is 213 g/mol. The number of nitrogens with two attached hydrogens (primary N) is 1. The zero-order chi connectivity index (χ0) is 11.6. The predicted molar refractivity (Wildman–Crippen MR) is 57.3 cm³/mol. The molecule has 2 atom stereocenters. The van der Waals surface area contributed by atoms with Crippen molar-refractivity contribution in [3.05, 3.63) is 35.4 Å². The molecule has 0 aromatic heterocycles. The molecule has 0 aliphatic heterocycles. The van der Waals surface area contributed by atoms with Crippen LogP contribution in [0.25, 0.3) is 0 Å². The molecule has 3 heteroatoms. The lowest BCUT2D eigenvalue weighted by Gasteiger charge is -2.24. The molecule has 1 rings (SSSR count). The van der Waals surface area contributed by atoms with Crippen LogP contribution in [0, 0.1) is 23.5 Å². The maximum atomic E-state index is 13.4. The summed E-state index contributed by atoms with van der Waals surface area (Å²) in [6.07, 6.45) is 0. The Labute approximate surface area is 89.3 Å². The van der Waals surface area contributed by atoms with Crippen LogP contribution in [0.5, 0.6) is 0 Å². The van der Waals surface area contributed by atoms with Crippen LogP contribution in [0.4, 0.5) is 8.78 Å². The van der Waals surface area contributed by atoms with E-state index in [1.54, 1.807) is 6.07 Å². The summed E-state index contributed by atoms with van der Waals surface area (Å²) in [6, 6.07) is 3.68. The third-order valence-corrected chi connectivity index (χ3v) is 2.96. The first-order valence-electron chi connectivity index (χ1n) is 5.14. The van der Waals surface area contributed by atoms with E-state index in [-0.39, 0.29) is 11.5 Å². The third kappa shape index (κ3) is 2.53. The van der Waals surface area contributed by atoms with Crippen molar-refractivity contribution in [2.24, 2.45) is 17.6 Å². The SMILES string of the molecule is CC(C)C(C)C(N)c1cccc(F)c1F. The van der Waals surface area contributed by atoms with Crippen molar-refractivity contribution in [1.82, 2.24) is 0 Å². The molecule has 1 nitrogen and oxygen atoms in total. The lowest BCUT2D eigenvalue weighted by molar-refractivity contribution is 0.341. The van der Waals surface area contributed by atoms with E-state index in [4.69, 9.17) is 5.73 Å². The van der Waals surface area contributed by atoms with Crippen LogP contribution in [0.15, 0.2) is 18.2 Å². The zero-order valence-electron chi connectivity index (χ0n) is 9.30. The number of benzene rings is 1. The highest BCUT2D eigenvalue weighted by Gasteiger charge is 2.22. The van der Waals surface area contributed by atoms with Crippen molar-refractivity contribution in [1.29, 1.82) is 0 Å². The van der Waals surface area contributed by atoms with Crippen LogP contribution in [0.1, 0.15) is 32.4 Å². The van der Waals surface area contributed by atoms with Crippen LogP contribution in [-0.2, 0) is 0 Å². The average Bonchev–Trinajstić information content (AvgIpc) is 2.20. The first-order valence-corrected chi connectivity index (χ1v) is 5.14. The fourth-order valence-corrected chi connectivity index (χ4v) is 1.48. The molecule has 0 saturated carbocycles. The summed E-state index contributed by atoms with van der Waals surface area (Å²) in [6.45, 7) is 5.98. The number of rotatable bonds is 3. The van der Waals surface area contributed by atoms with Gasteiger partial charge in [0.25, 0.3) is 0 Å². The van der Waals surface area contributed by atoms with Gasteiger partial charge in [-0.2, -0.15) is 0 Å². The van der Waals surface area contributed by atoms with Crippen LogP contribution in [0.2, 0.25) is 0 Å². The van der Waals surface area contributed by atoms with Gasteiger partial charge in [0.05, 0.1) is 0 Å². The Morgan fingerprint density at radius 2 is 1.73 bits per heavy atom. The number of halogens is 2. The highest BCUT2D eigenvalue weighted by molar-refractivity contribution is 5.22. The molecule has 1 aromatic rings. The molecule has 2 N–H and O–H groups in total. The summed E-state index contributed by atoms with van der Waals surface area (Å²) >= 11 is 0. The summed E-state index contributed by atoms with van der Waals surface area (Å²) < 4.78 is 26.4. The topological polar surface area (TPSA) is 26.0 Å². The first kappa shape index (κ1) is 12.1. The molecule has 2 unspecified atom stereocenters. The molecule has 0 bridgehead atoms. The minimum absolute atomic E-state index is 0.112. The predicted octanol–water partition coefficient (Wildman–Crippen LogP) is 3.26. The molecule has 84 valence electrons. The van der Waals surface area contributed by atoms with Gasteiger partial charge in [-0.1, -0.05) is 32.9 Å². The second kappa shape index (κ2) is 4.71. The molecular formula is C12H17F2N. The zero-order valence-corrected chi connectivity index (χ0v) is 9.30. The molecule has 0 aliphatic carbocycles. The van der Waals surface area contributed by atoms with E-state index < -0.39 is 17.7 Å². The largest absolute Gasteiger partial charge is 0.324 e. The summed E-state index contributed by atoms with van der Waals surface area (Å²) in [5.41, 5.74) is 6.16. The van der Waals surface area contributed by atoms with Crippen molar-refractivity contribution >= 4 is 0 Å². The Morgan fingerprint density at radius 1 is 1.13 bits per heavy atom. The molecule has 0 fully saturated rings. The van der Waals surface area contributed by atoms with Gasteiger partial charge in [-0.3, -0.25) is 0 Å². The van der Waals surface area contributed by atoms with Gasteiger partial charge in [0.15, 0.2) is 11.6 Å². The Balaban J connectivity index is 3.01. The van der Waals surface area contributed by atoms with Gasteiger partial charge in [0.2, 0.25) is 0 Å². The quantitative estimate of drug-likeness (QED) is 0.819. The van der Waals surface area contributed by atoms with E-state index in [0.717, 1.165) is 6.07 Å². The van der Waals surface area contributed by atoms with Crippen molar-refractivity contribution in [3.8, 4) is 0 Å². The molecule has 15 heavy (non-hydrogen) atoms. The third-order valence-electron chi connectivity index (χ3n) is 2.96. The van der Waals surface area contributed by atoms with Gasteiger partial charge in [-0.05, 0) is 17.9 Å². The van der Waals surface area contributed by atoms with E-state index in [1.807, 2.05) is 20.8 Å². The molecule has 0 aliphatic rings. The van der Waals surface area contributed by atoms with E-state index in [1.165, 1.54) is 6.07 Å². The minimum Gasteiger partial charge on any atom is -0.324 e. The molecule has 1 aromatic carbocycles. The van der Waals surface area contributed by atoms with Crippen LogP contribution in [-0.4, -0.2) is 0 Å². The normalized spacial score (nSPS) is 15.4. The van der Waals surface area contributed by atoms with E-state index >= 15 is 0 Å². The van der Waals surface area contributed by atoms with Gasteiger partial charge in [0, 0.05) is 11.6 Å². The van der Waals surface area contributed by atoms with Gasteiger partial charge >= 0.3 is 0 Å². The van der Waals surface area contributed by atoms with Gasteiger partial charge in [0.1, 0.15) is 0 Å². The average molecular weight is 213 g/mol. The highest BCUT2D eigenvalue weighted by Crippen LogP contribution is 2.27. The molecule has 0 spiro atoms. The second-order valence-corrected chi connectivity index (χ2v) is 4.27. The molecule has 0 radical (unpaired) electrons. The smallest absolute Gasteiger partial charge is 0.163 e. The van der Waals surface area contributed by atoms with Crippen molar-refractivity contribution in [2.45, 2.75) is 26.8 Å². The van der Waals surface area contributed by atoms with E-state index in [0.29, 0.717) is 5.92 Å². The Kier molecular flexibility index (Phi) is 3.80. The Morgan fingerprint density at radius 3 is 2.27 bits per heavy atom. The lowest BCUT2D eigenvalue weighted by atomic mass is 9.86. The maximum Gasteiger partial charge on any atom is 0.163 e. The summed E-state index contributed by atoms with van der Waals surface area (Å²) in [4.78, 5) is 0. The molecular weight excluding hydrogens is 196 g/mol. The second-order valence-electron chi connectivity index (χ2n) is 4.27. The number of hydrogen-bond acceptors (Lipinski definition) is 1. The fourth-order valence-electron chi connectivity index (χ4n) is 1.48. The summed E-state index contributed by atoms with van der Waals surface area (Å²) in [5.74, 6) is -1.21. The van der Waals surface area contributed by atoms with Crippen LogP contribution >= 0.6 is 0 Å². The van der Waals surface area contributed by atoms with Gasteiger partial charge in [-0.15, -0.1) is 0 Å². The Bertz CT molecular complexity index is 336. The summed E-state index contributed by atoms with van der Waals surface area (Å²) in [5, 5.41) is 0.